The highest BCUT2D eigenvalue weighted by atomic mass is 127. The van der Waals surface area contributed by atoms with Gasteiger partial charge in [0.25, 0.3) is 0 Å². The highest BCUT2D eigenvalue weighted by Crippen LogP contribution is 2.29. The molecule has 0 radical (unpaired) electrons. The van der Waals surface area contributed by atoms with Gasteiger partial charge in [-0.1, -0.05) is 5.92 Å². The van der Waals surface area contributed by atoms with Gasteiger partial charge in [0, 0.05) is 9.13 Å². The van der Waals surface area contributed by atoms with E-state index in [1.807, 2.05) is 6.92 Å². The third-order valence-corrected chi connectivity index (χ3v) is 5.03. The first kappa shape index (κ1) is 14.5. The minimum Gasteiger partial charge on any atom is -0.194 e. The molecule has 0 atom stereocenters. The molecule has 0 N–H and O–H groups in total. The molecular weight excluding hydrogens is 354 g/mol. The predicted octanol–water partition coefficient (Wildman–Crippen LogP) is 3.00. The summed E-state index contributed by atoms with van der Waals surface area (Å²) in [6.07, 6.45) is 5.41. The average Bonchev–Trinajstić information content (AvgIpc) is 2.21. The van der Waals surface area contributed by atoms with E-state index in [1.165, 1.54) is 0 Å². The minimum atomic E-state index is -4.55. The lowest BCUT2D eigenvalue weighted by Crippen LogP contribution is -2.07. The maximum atomic E-state index is 12.8. The van der Waals surface area contributed by atoms with Gasteiger partial charge in [0.1, 0.15) is 5.75 Å². The largest absolute Gasteiger partial charge is 0.306 e. The Morgan fingerprint density at radius 3 is 2.18 bits per heavy atom. The van der Waals surface area contributed by atoms with Crippen LogP contribution in [0.5, 0.6) is 0 Å². The minimum absolute atomic E-state index is 0.468. The smallest absolute Gasteiger partial charge is 0.194 e. The van der Waals surface area contributed by atoms with Crippen LogP contribution in [-0.4, -0.2) is 8.42 Å². The Morgan fingerprint density at radius 2 is 1.76 bits per heavy atom. The summed E-state index contributed by atoms with van der Waals surface area (Å²) in [6, 6.07) is 0. The second kappa shape index (κ2) is 4.94. The molecule has 92 valence electrons. The van der Waals surface area contributed by atoms with Crippen molar-refractivity contribution in [2.75, 3.05) is 0 Å². The van der Waals surface area contributed by atoms with E-state index >= 15 is 0 Å². The van der Waals surface area contributed by atoms with Crippen LogP contribution in [0.1, 0.15) is 27.8 Å². The average molecular weight is 366 g/mol. The van der Waals surface area contributed by atoms with E-state index in [-0.39, 0.29) is 0 Å². The molecule has 0 fully saturated rings. The first-order chi connectivity index (χ1) is 7.69. The molecule has 0 aliphatic rings. The summed E-state index contributed by atoms with van der Waals surface area (Å²) in [5, 5.41) is 0. The Hall–Kier alpha value is -0.610. The third kappa shape index (κ3) is 2.99. The van der Waals surface area contributed by atoms with Crippen molar-refractivity contribution in [2.45, 2.75) is 26.5 Å². The van der Waals surface area contributed by atoms with Crippen LogP contribution in [0.2, 0.25) is 0 Å². The molecule has 0 amide bonds. The molecule has 0 unspecified atom stereocenters. The summed E-state index contributed by atoms with van der Waals surface area (Å²) < 4.78 is 35.3. The van der Waals surface area contributed by atoms with Crippen molar-refractivity contribution in [1.82, 2.24) is 0 Å². The SMILES string of the molecule is C#Cc1c(C)c(I)c(C)c(CS(=O)(=O)F)c1C. The second-order valence-corrected chi connectivity index (χ2v) is 6.32. The van der Waals surface area contributed by atoms with E-state index in [1.54, 1.807) is 13.8 Å². The lowest BCUT2D eigenvalue weighted by atomic mass is 9.95. The standard InChI is InChI=1S/C12H12FIO2S/c1-5-10-7(2)11(6-17(13,15)16)9(4)12(14)8(10)3/h1H,6H2,2-4H3. The van der Waals surface area contributed by atoms with E-state index in [4.69, 9.17) is 6.42 Å². The molecule has 1 aromatic rings. The molecule has 0 saturated heterocycles. The van der Waals surface area contributed by atoms with E-state index < -0.39 is 16.0 Å². The first-order valence-corrected chi connectivity index (χ1v) is 7.49. The van der Waals surface area contributed by atoms with Gasteiger partial charge in [-0.3, -0.25) is 0 Å². The van der Waals surface area contributed by atoms with Crippen LogP contribution >= 0.6 is 22.6 Å². The zero-order valence-electron chi connectivity index (χ0n) is 9.77. The zero-order valence-corrected chi connectivity index (χ0v) is 12.7. The van der Waals surface area contributed by atoms with Crippen LogP contribution in [0.4, 0.5) is 3.89 Å². The van der Waals surface area contributed by atoms with Crippen molar-refractivity contribution in [1.29, 1.82) is 0 Å². The normalized spacial score (nSPS) is 11.3. The first-order valence-electron chi connectivity index (χ1n) is 4.86. The lowest BCUT2D eigenvalue weighted by molar-refractivity contribution is 0.550. The molecule has 0 bridgehead atoms. The molecule has 1 rings (SSSR count). The second-order valence-electron chi connectivity index (χ2n) is 3.87. The van der Waals surface area contributed by atoms with Crippen LogP contribution in [0.25, 0.3) is 0 Å². The van der Waals surface area contributed by atoms with Crippen molar-refractivity contribution >= 4 is 32.8 Å². The van der Waals surface area contributed by atoms with E-state index in [0.717, 1.165) is 14.7 Å². The number of halogens is 2. The number of hydrogen-bond donors (Lipinski definition) is 0. The number of rotatable bonds is 2. The number of hydrogen-bond acceptors (Lipinski definition) is 2. The summed E-state index contributed by atoms with van der Waals surface area (Å²) in [6.45, 7) is 5.39. The van der Waals surface area contributed by atoms with Gasteiger partial charge in [-0.2, -0.15) is 8.42 Å². The fourth-order valence-electron chi connectivity index (χ4n) is 1.84. The monoisotopic (exact) mass is 366 g/mol. The summed E-state index contributed by atoms with van der Waals surface area (Å²) in [4.78, 5) is 0. The zero-order chi connectivity index (χ0) is 13.4. The maximum Gasteiger partial charge on any atom is 0.306 e. The number of terminal acetylenes is 1. The molecule has 0 aromatic heterocycles. The molecule has 5 heteroatoms. The summed E-state index contributed by atoms with van der Waals surface area (Å²) >= 11 is 2.10. The third-order valence-electron chi connectivity index (χ3n) is 2.77. The Bertz CT molecular complexity index is 613. The quantitative estimate of drug-likeness (QED) is 0.458. The Balaban J connectivity index is 3.63. The molecule has 0 aliphatic heterocycles. The highest BCUT2D eigenvalue weighted by Gasteiger charge is 2.19. The predicted molar refractivity (Wildman–Crippen MR) is 75.0 cm³/mol. The molecule has 0 aliphatic carbocycles. The van der Waals surface area contributed by atoms with Gasteiger partial charge in [-0.05, 0) is 65.6 Å². The molecule has 0 saturated carbocycles. The molecule has 17 heavy (non-hydrogen) atoms. The Labute approximate surface area is 115 Å². The van der Waals surface area contributed by atoms with Gasteiger partial charge in [-0.25, -0.2) is 0 Å². The summed E-state index contributed by atoms with van der Waals surface area (Å²) in [5.74, 6) is 1.92. The van der Waals surface area contributed by atoms with Crippen LogP contribution < -0.4 is 0 Å². The highest BCUT2D eigenvalue weighted by molar-refractivity contribution is 14.1. The van der Waals surface area contributed by atoms with Crippen molar-refractivity contribution in [3.63, 3.8) is 0 Å². The van der Waals surface area contributed by atoms with E-state index in [2.05, 4.69) is 28.5 Å². The van der Waals surface area contributed by atoms with Crippen molar-refractivity contribution in [3.05, 3.63) is 31.4 Å². The van der Waals surface area contributed by atoms with Crippen molar-refractivity contribution in [2.24, 2.45) is 0 Å². The molecular formula is C12H12FIO2S. The lowest BCUT2D eigenvalue weighted by Gasteiger charge is -2.15. The van der Waals surface area contributed by atoms with Crippen molar-refractivity contribution in [3.8, 4) is 12.3 Å². The topological polar surface area (TPSA) is 34.1 Å². The van der Waals surface area contributed by atoms with Gasteiger partial charge < -0.3 is 0 Å². The number of benzene rings is 1. The van der Waals surface area contributed by atoms with Gasteiger partial charge in [-0.15, -0.1) is 10.3 Å². The molecule has 2 nitrogen and oxygen atoms in total. The molecule has 0 heterocycles. The Kier molecular flexibility index (Phi) is 4.20. The van der Waals surface area contributed by atoms with E-state index in [0.29, 0.717) is 16.7 Å². The summed E-state index contributed by atoms with van der Waals surface area (Å²) in [7, 11) is -4.55. The fraction of sp³-hybridized carbons (Fsp3) is 0.333. The maximum absolute atomic E-state index is 12.8. The molecule has 1 aromatic carbocycles. The summed E-state index contributed by atoms with van der Waals surface area (Å²) in [5.41, 5.74) is 3.50. The molecule has 0 spiro atoms. The van der Waals surface area contributed by atoms with Crippen LogP contribution in [0.3, 0.4) is 0 Å². The van der Waals surface area contributed by atoms with Gasteiger partial charge in [0.05, 0.1) is 0 Å². The van der Waals surface area contributed by atoms with Gasteiger partial charge >= 0.3 is 10.2 Å². The van der Waals surface area contributed by atoms with Crippen LogP contribution in [0.15, 0.2) is 0 Å². The van der Waals surface area contributed by atoms with Crippen LogP contribution in [-0.2, 0) is 16.0 Å². The van der Waals surface area contributed by atoms with Gasteiger partial charge in [0.2, 0.25) is 0 Å². The fourth-order valence-corrected chi connectivity index (χ4v) is 3.22. The van der Waals surface area contributed by atoms with Crippen LogP contribution in [0, 0.1) is 36.7 Å². The van der Waals surface area contributed by atoms with Crippen molar-refractivity contribution < 1.29 is 12.3 Å². The Morgan fingerprint density at radius 1 is 1.24 bits per heavy atom. The van der Waals surface area contributed by atoms with Gasteiger partial charge in [0.15, 0.2) is 0 Å². The van der Waals surface area contributed by atoms with E-state index in [9.17, 15) is 12.3 Å².